The lowest BCUT2D eigenvalue weighted by atomic mass is 10.00. The van der Waals surface area contributed by atoms with Crippen LogP contribution in [0.25, 0.3) is 0 Å². The molecule has 108 valence electrons. The Kier molecular flexibility index (Phi) is 5.40. The molecular weight excluding hydrogens is 238 g/mol. The highest BCUT2D eigenvalue weighted by Gasteiger charge is 2.36. The van der Waals surface area contributed by atoms with Gasteiger partial charge in [-0.15, -0.1) is 0 Å². The molecule has 0 radical (unpaired) electrons. The summed E-state index contributed by atoms with van der Waals surface area (Å²) in [6.45, 7) is 6.09. The van der Waals surface area contributed by atoms with Crippen LogP contribution in [-0.2, 0) is 18.2 Å². The van der Waals surface area contributed by atoms with E-state index in [4.69, 9.17) is 4.74 Å². The maximum absolute atomic E-state index is 6.00. The van der Waals surface area contributed by atoms with Gasteiger partial charge >= 0.3 is 0 Å². The van der Waals surface area contributed by atoms with Crippen molar-refractivity contribution in [3.8, 4) is 0 Å². The molecule has 0 amide bonds. The first-order valence-corrected chi connectivity index (χ1v) is 7.58. The Balaban J connectivity index is 1.92. The molecule has 1 fully saturated rings. The average molecular weight is 265 g/mol. The molecule has 2 atom stereocenters. The lowest BCUT2D eigenvalue weighted by Gasteiger charge is -2.28. The molecule has 1 aromatic heterocycles. The Bertz CT molecular complexity index is 373. The van der Waals surface area contributed by atoms with Gasteiger partial charge in [-0.2, -0.15) is 5.10 Å². The fourth-order valence-electron chi connectivity index (χ4n) is 2.79. The van der Waals surface area contributed by atoms with E-state index < -0.39 is 0 Å². The molecule has 1 saturated carbocycles. The Morgan fingerprint density at radius 1 is 1.47 bits per heavy atom. The highest BCUT2D eigenvalue weighted by atomic mass is 16.5. The lowest BCUT2D eigenvalue weighted by molar-refractivity contribution is 0.0174. The quantitative estimate of drug-likeness (QED) is 0.743. The summed E-state index contributed by atoms with van der Waals surface area (Å²) in [6, 6.07) is 2.57. The summed E-state index contributed by atoms with van der Waals surface area (Å²) in [5, 5.41) is 7.85. The van der Waals surface area contributed by atoms with Crippen molar-refractivity contribution in [2.75, 3.05) is 13.2 Å². The van der Waals surface area contributed by atoms with Gasteiger partial charge in [0.25, 0.3) is 0 Å². The molecule has 1 heterocycles. The second kappa shape index (κ2) is 7.06. The van der Waals surface area contributed by atoms with Crippen molar-refractivity contribution < 1.29 is 4.74 Å². The summed E-state index contributed by atoms with van der Waals surface area (Å²) in [6.07, 6.45) is 7.10. The van der Waals surface area contributed by atoms with Gasteiger partial charge in [0.15, 0.2) is 0 Å². The van der Waals surface area contributed by atoms with E-state index in [1.165, 1.54) is 18.5 Å². The summed E-state index contributed by atoms with van der Waals surface area (Å²) in [5.74, 6) is 0.774. The Morgan fingerprint density at radius 3 is 2.79 bits per heavy atom. The molecule has 19 heavy (non-hydrogen) atoms. The van der Waals surface area contributed by atoms with Crippen LogP contribution in [0.5, 0.6) is 0 Å². The number of hydrogen-bond acceptors (Lipinski definition) is 3. The average Bonchev–Trinajstić information content (AvgIpc) is 3.16. The zero-order valence-electron chi connectivity index (χ0n) is 12.4. The van der Waals surface area contributed by atoms with Crippen LogP contribution in [0.1, 0.15) is 38.8 Å². The molecule has 0 aliphatic heterocycles. The lowest BCUT2D eigenvalue weighted by Crippen LogP contribution is -2.43. The minimum absolute atomic E-state index is 0.387. The topological polar surface area (TPSA) is 39.1 Å². The normalized spacial score (nSPS) is 18.5. The molecule has 0 saturated heterocycles. The van der Waals surface area contributed by atoms with Gasteiger partial charge in [-0.3, -0.25) is 4.68 Å². The molecule has 1 aliphatic carbocycles. The minimum Gasteiger partial charge on any atom is -0.377 e. The van der Waals surface area contributed by atoms with Gasteiger partial charge in [0.1, 0.15) is 0 Å². The van der Waals surface area contributed by atoms with Crippen LogP contribution in [0.3, 0.4) is 0 Å². The molecule has 2 unspecified atom stereocenters. The van der Waals surface area contributed by atoms with Gasteiger partial charge in [-0.25, -0.2) is 0 Å². The highest BCUT2D eigenvalue weighted by Crippen LogP contribution is 2.36. The fourth-order valence-corrected chi connectivity index (χ4v) is 2.79. The van der Waals surface area contributed by atoms with Gasteiger partial charge in [-0.1, -0.05) is 6.92 Å². The first-order chi connectivity index (χ1) is 9.26. The first kappa shape index (κ1) is 14.5. The number of nitrogens with zero attached hydrogens (tertiary/aromatic N) is 2. The number of aryl methyl sites for hydroxylation is 2. The number of rotatable bonds is 9. The Hall–Kier alpha value is -0.870. The number of likely N-dealkylation sites (N-methyl/N-ethyl adjacent to an activating group) is 1. The van der Waals surface area contributed by atoms with Gasteiger partial charge in [0.05, 0.1) is 6.10 Å². The fraction of sp³-hybridized carbons (Fsp3) is 0.800. The predicted octanol–water partition coefficient (Wildman–Crippen LogP) is 2.15. The molecule has 4 heteroatoms. The molecule has 1 aromatic rings. The van der Waals surface area contributed by atoms with Crippen LogP contribution in [0.15, 0.2) is 12.3 Å². The largest absolute Gasteiger partial charge is 0.377 e. The summed E-state index contributed by atoms with van der Waals surface area (Å²) in [5.41, 5.74) is 1.30. The Morgan fingerprint density at radius 2 is 2.26 bits per heavy atom. The van der Waals surface area contributed by atoms with E-state index in [1.807, 2.05) is 17.9 Å². The summed E-state index contributed by atoms with van der Waals surface area (Å²) in [7, 11) is 2.01. The van der Waals surface area contributed by atoms with Crippen LogP contribution in [-0.4, -0.2) is 35.1 Å². The van der Waals surface area contributed by atoms with Crippen molar-refractivity contribution in [1.29, 1.82) is 0 Å². The van der Waals surface area contributed by atoms with Crippen LogP contribution in [0.2, 0.25) is 0 Å². The third-order valence-corrected chi connectivity index (χ3v) is 3.94. The Labute approximate surface area is 116 Å². The molecule has 4 nitrogen and oxygen atoms in total. The summed E-state index contributed by atoms with van der Waals surface area (Å²) < 4.78 is 7.96. The molecule has 1 aliphatic rings. The van der Waals surface area contributed by atoms with Gasteiger partial charge < -0.3 is 10.1 Å². The monoisotopic (exact) mass is 265 g/mol. The standard InChI is InChI=1S/C15H27N3O/c1-4-16-14(15(19-5-2)12-6-7-12)9-8-13-10-11-17-18(13)3/h10-12,14-16H,4-9H2,1-3H3. The molecular formula is C15H27N3O. The number of hydrogen-bond donors (Lipinski definition) is 1. The smallest absolute Gasteiger partial charge is 0.0756 e. The van der Waals surface area contributed by atoms with Crippen molar-refractivity contribution >= 4 is 0 Å². The van der Waals surface area contributed by atoms with Crippen LogP contribution >= 0.6 is 0 Å². The second-order valence-electron chi connectivity index (χ2n) is 5.41. The van der Waals surface area contributed by atoms with Gasteiger partial charge in [0, 0.05) is 31.6 Å². The van der Waals surface area contributed by atoms with Crippen molar-refractivity contribution in [3.63, 3.8) is 0 Å². The number of aromatic nitrogens is 2. The highest BCUT2D eigenvalue weighted by molar-refractivity contribution is 5.01. The number of ether oxygens (including phenoxy) is 1. The maximum Gasteiger partial charge on any atom is 0.0756 e. The van der Waals surface area contributed by atoms with Crippen molar-refractivity contribution in [2.45, 2.75) is 51.7 Å². The molecule has 0 spiro atoms. The zero-order valence-corrected chi connectivity index (χ0v) is 12.4. The first-order valence-electron chi connectivity index (χ1n) is 7.58. The van der Waals surface area contributed by atoms with Crippen molar-refractivity contribution in [1.82, 2.24) is 15.1 Å². The zero-order chi connectivity index (χ0) is 13.7. The van der Waals surface area contributed by atoms with E-state index in [-0.39, 0.29) is 0 Å². The SMILES string of the molecule is CCNC(CCc1ccnn1C)C(OCC)C1CC1. The van der Waals surface area contributed by atoms with Crippen molar-refractivity contribution in [3.05, 3.63) is 18.0 Å². The van der Waals surface area contributed by atoms with E-state index >= 15 is 0 Å². The van der Waals surface area contributed by atoms with Gasteiger partial charge in [-0.05, 0) is 51.1 Å². The van der Waals surface area contributed by atoms with E-state index in [0.717, 1.165) is 31.9 Å². The maximum atomic E-state index is 6.00. The predicted molar refractivity (Wildman–Crippen MR) is 77.1 cm³/mol. The van der Waals surface area contributed by atoms with Crippen LogP contribution < -0.4 is 5.32 Å². The van der Waals surface area contributed by atoms with E-state index in [9.17, 15) is 0 Å². The minimum atomic E-state index is 0.387. The van der Waals surface area contributed by atoms with E-state index in [0.29, 0.717) is 12.1 Å². The van der Waals surface area contributed by atoms with Gasteiger partial charge in [0.2, 0.25) is 0 Å². The third-order valence-electron chi connectivity index (χ3n) is 3.94. The second-order valence-corrected chi connectivity index (χ2v) is 5.41. The molecule has 1 N–H and O–H groups in total. The molecule has 0 bridgehead atoms. The van der Waals surface area contributed by atoms with Crippen LogP contribution in [0.4, 0.5) is 0 Å². The van der Waals surface area contributed by atoms with E-state index in [2.05, 4.69) is 30.3 Å². The van der Waals surface area contributed by atoms with Crippen LogP contribution in [0, 0.1) is 5.92 Å². The third kappa shape index (κ3) is 4.05. The summed E-state index contributed by atoms with van der Waals surface area (Å²) in [4.78, 5) is 0. The number of nitrogens with one attached hydrogen (secondary N) is 1. The molecule has 0 aromatic carbocycles. The van der Waals surface area contributed by atoms with E-state index in [1.54, 1.807) is 0 Å². The van der Waals surface area contributed by atoms with Crippen molar-refractivity contribution in [2.24, 2.45) is 13.0 Å². The molecule has 2 rings (SSSR count). The summed E-state index contributed by atoms with van der Waals surface area (Å²) >= 11 is 0.